The van der Waals surface area contributed by atoms with Crippen molar-refractivity contribution in [2.75, 3.05) is 18.1 Å². The number of rotatable bonds is 3. The van der Waals surface area contributed by atoms with Crippen LogP contribution in [0.25, 0.3) is 0 Å². The second-order valence-corrected chi connectivity index (χ2v) is 5.25. The van der Waals surface area contributed by atoms with Crippen LogP contribution >= 0.6 is 11.8 Å². The van der Waals surface area contributed by atoms with Crippen molar-refractivity contribution in [1.29, 1.82) is 0 Å². The van der Waals surface area contributed by atoms with E-state index >= 15 is 0 Å². The Bertz CT molecular complexity index is 378. The van der Waals surface area contributed by atoms with E-state index < -0.39 is 0 Å². The predicted molar refractivity (Wildman–Crippen MR) is 68.6 cm³/mol. The lowest BCUT2D eigenvalue weighted by Crippen LogP contribution is -2.37. The van der Waals surface area contributed by atoms with Crippen molar-refractivity contribution in [3.05, 3.63) is 35.4 Å². The molecule has 2 nitrogen and oxygen atoms in total. The van der Waals surface area contributed by atoms with Crippen molar-refractivity contribution < 1.29 is 4.79 Å². The minimum absolute atomic E-state index is 0.279. The third-order valence-electron chi connectivity index (χ3n) is 2.91. The fourth-order valence-corrected chi connectivity index (χ4v) is 2.55. The van der Waals surface area contributed by atoms with E-state index in [1.54, 1.807) is 11.8 Å². The predicted octanol–water partition coefficient (Wildman–Crippen LogP) is 2.32. The lowest BCUT2D eigenvalue weighted by atomic mass is 10.00. The molecule has 0 aromatic heterocycles. The molecule has 0 atom stereocenters. The van der Waals surface area contributed by atoms with Gasteiger partial charge in [0.25, 0.3) is 0 Å². The number of hydrogen-bond donors (Lipinski definition) is 0. The molecule has 1 aliphatic heterocycles. The van der Waals surface area contributed by atoms with Gasteiger partial charge < -0.3 is 4.90 Å². The van der Waals surface area contributed by atoms with Crippen molar-refractivity contribution in [1.82, 2.24) is 4.90 Å². The Labute approximate surface area is 101 Å². The third-order valence-corrected chi connectivity index (χ3v) is 3.77. The summed E-state index contributed by atoms with van der Waals surface area (Å²) in [4.78, 5) is 13.8. The maximum atomic E-state index is 11.9. The number of hydrogen-bond acceptors (Lipinski definition) is 2. The van der Waals surface area contributed by atoms with Gasteiger partial charge in [-0.25, -0.2) is 0 Å². The average Bonchev–Trinajstić information content (AvgIpc) is 2.35. The molecule has 1 heterocycles. The first-order valence-corrected chi connectivity index (χ1v) is 6.89. The van der Waals surface area contributed by atoms with E-state index in [1.165, 1.54) is 11.1 Å². The van der Waals surface area contributed by atoms with Crippen LogP contribution in [0.5, 0.6) is 0 Å². The Morgan fingerprint density at radius 3 is 2.88 bits per heavy atom. The van der Waals surface area contributed by atoms with E-state index in [0.29, 0.717) is 5.75 Å². The maximum Gasteiger partial charge on any atom is 0.232 e. The molecule has 0 fully saturated rings. The highest BCUT2D eigenvalue weighted by Gasteiger charge is 2.19. The number of fused-ring (bicyclic) bond motifs is 1. The zero-order chi connectivity index (χ0) is 11.4. The highest BCUT2D eigenvalue weighted by Crippen LogP contribution is 2.19. The molecule has 1 aromatic rings. The topological polar surface area (TPSA) is 20.3 Å². The normalized spacial score (nSPS) is 14.7. The molecule has 0 bridgehead atoms. The van der Waals surface area contributed by atoms with Crippen molar-refractivity contribution >= 4 is 17.7 Å². The Kier molecular flexibility index (Phi) is 3.88. The Balaban J connectivity index is 1.99. The van der Waals surface area contributed by atoms with Gasteiger partial charge in [0, 0.05) is 13.1 Å². The first kappa shape index (κ1) is 11.5. The average molecular weight is 235 g/mol. The zero-order valence-electron chi connectivity index (χ0n) is 9.61. The standard InChI is InChI=1S/C13H17NOS/c1-2-16-10-13(15)14-8-7-11-5-3-4-6-12(11)9-14/h3-6H,2,7-10H2,1H3. The quantitative estimate of drug-likeness (QED) is 0.801. The van der Waals surface area contributed by atoms with E-state index in [0.717, 1.165) is 25.3 Å². The number of amides is 1. The molecule has 2 rings (SSSR count). The summed E-state index contributed by atoms with van der Waals surface area (Å²) in [5.41, 5.74) is 2.71. The molecule has 0 saturated carbocycles. The third kappa shape index (κ3) is 2.59. The van der Waals surface area contributed by atoms with Crippen LogP contribution in [0.4, 0.5) is 0 Å². The van der Waals surface area contributed by atoms with E-state index in [4.69, 9.17) is 0 Å². The highest BCUT2D eigenvalue weighted by atomic mass is 32.2. The second kappa shape index (κ2) is 5.39. The summed E-state index contributed by atoms with van der Waals surface area (Å²) in [7, 11) is 0. The van der Waals surface area contributed by atoms with E-state index in [2.05, 4.69) is 25.1 Å². The van der Waals surface area contributed by atoms with Crippen LogP contribution in [0, 0.1) is 0 Å². The first-order valence-electron chi connectivity index (χ1n) is 5.73. The van der Waals surface area contributed by atoms with E-state index in [1.807, 2.05) is 11.0 Å². The van der Waals surface area contributed by atoms with Gasteiger partial charge in [0.15, 0.2) is 0 Å². The highest BCUT2D eigenvalue weighted by molar-refractivity contribution is 7.99. The second-order valence-electron chi connectivity index (χ2n) is 3.97. The molecule has 3 heteroatoms. The summed E-state index contributed by atoms with van der Waals surface area (Å²) in [6.45, 7) is 3.75. The molecule has 1 aromatic carbocycles. The molecule has 16 heavy (non-hydrogen) atoms. The van der Waals surface area contributed by atoms with Crippen LogP contribution in [0.1, 0.15) is 18.1 Å². The smallest absolute Gasteiger partial charge is 0.232 e. The number of thioether (sulfide) groups is 1. The van der Waals surface area contributed by atoms with Gasteiger partial charge in [0.1, 0.15) is 0 Å². The van der Waals surface area contributed by atoms with E-state index in [9.17, 15) is 4.79 Å². The van der Waals surface area contributed by atoms with Gasteiger partial charge in [-0.05, 0) is 23.3 Å². The van der Waals surface area contributed by atoms with Gasteiger partial charge in [-0.15, -0.1) is 0 Å². The minimum atomic E-state index is 0.279. The minimum Gasteiger partial charge on any atom is -0.337 e. The zero-order valence-corrected chi connectivity index (χ0v) is 10.4. The molecule has 0 N–H and O–H groups in total. The van der Waals surface area contributed by atoms with Crippen LogP contribution in [-0.2, 0) is 17.8 Å². The summed E-state index contributed by atoms with van der Waals surface area (Å²) in [5.74, 6) is 1.91. The largest absolute Gasteiger partial charge is 0.337 e. The number of carbonyl (C=O) groups is 1. The summed E-state index contributed by atoms with van der Waals surface area (Å²) in [6, 6.07) is 8.41. The lowest BCUT2D eigenvalue weighted by Gasteiger charge is -2.28. The lowest BCUT2D eigenvalue weighted by molar-refractivity contribution is -0.129. The molecule has 86 valence electrons. The Morgan fingerprint density at radius 1 is 1.38 bits per heavy atom. The van der Waals surface area contributed by atoms with Gasteiger partial charge in [-0.2, -0.15) is 11.8 Å². The molecular weight excluding hydrogens is 218 g/mol. The van der Waals surface area contributed by atoms with Crippen molar-refractivity contribution in [2.24, 2.45) is 0 Å². The molecule has 0 saturated heterocycles. The number of nitrogens with zero attached hydrogens (tertiary/aromatic N) is 1. The van der Waals surface area contributed by atoms with Gasteiger partial charge in [-0.1, -0.05) is 31.2 Å². The Hall–Kier alpha value is -0.960. The summed E-state index contributed by atoms with van der Waals surface area (Å²) in [6.07, 6.45) is 0.999. The molecule has 0 radical (unpaired) electrons. The van der Waals surface area contributed by atoms with Gasteiger partial charge >= 0.3 is 0 Å². The van der Waals surface area contributed by atoms with Crippen LogP contribution in [0.15, 0.2) is 24.3 Å². The Morgan fingerprint density at radius 2 is 2.12 bits per heavy atom. The molecule has 1 aliphatic rings. The van der Waals surface area contributed by atoms with Gasteiger partial charge in [-0.3, -0.25) is 4.79 Å². The van der Waals surface area contributed by atoms with Crippen LogP contribution in [-0.4, -0.2) is 28.9 Å². The SMILES string of the molecule is CCSCC(=O)N1CCc2ccccc2C1. The van der Waals surface area contributed by atoms with Crippen LogP contribution < -0.4 is 0 Å². The van der Waals surface area contributed by atoms with Crippen molar-refractivity contribution in [3.63, 3.8) is 0 Å². The first-order chi connectivity index (χ1) is 7.81. The van der Waals surface area contributed by atoms with E-state index in [-0.39, 0.29) is 5.91 Å². The summed E-state index contributed by atoms with van der Waals surface area (Å²) in [5, 5.41) is 0. The molecule has 1 amide bonds. The summed E-state index contributed by atoms with van der Waals surface area (Å²) >= 11 is 1.70. The van der Waals surface area contributed by atoms with Gasteiger partial charge in [0.2, 0.25) is 5.91 Å². The molecule has 0 aliphatic carbocycles. The molecular formula is C13H17NOS. The maximum absolute atomic E-state index is 11.9. The van der Waals surface area contributed by atoms with Crippen molar-refractivity contribution in [2.45, 2.75) is 19.9 Å². The number of carbonyl (C=O) groups excluding carboxylic acids is 1. The fourth-order valence-electron chi connectivity index (χ4n) is 1.99. The number of benzene rings is 1. The van der Waals surface area contributed by atoms with Crippen LogP contribution in [0.2, 0.25) is 0 Å². The van der Waals surface area contributed by atoms with Crippen LogP contribution in [0.3, 0.4) is 0 Å². The summed E-state index contributed by atoms with van der Waals surface area (Å²) < 4.78 is 0. The van der Waals surface area contributed by atoms with Gasteiger partial charge in [0.05, 0.1) is 5.75 Å². The molecule has 0 unspecified atom stereocenters. The fraction of sp³-hybridized carbons (Fsp3) is 0.462. The molecule has 0 spiro atoms. The monoisotopic (exact) mass is 235 g/mol. The van der Waals surface area contributed by atoms with Crippen molar-refractivity contribution in [3.8, 4) is 0 Å².